The van der Waals surface area contributed by atoms with Crippen molar-refractivity contribution in [3.8, 4) is 0 Å². The van der Waals surface area contributed by atoms with Crippen LogP contribution in [0.4, 0.5) is 8.78 Å². The monoisotopic (exact) mass is 271 g/mol. The van der Waals surface area contributed by atoms with Crippen molar-refractivity contribution in [3.63, 3.8) is 0 Å². The number of benzene rings is 1. The average Bonchev–Trinajstić information content (AvgIpc) is 2.31. The number of hydrogen-bond donors (Lipinski definition) is 1. The number of halogens is 2. The van der Waals surface area contributed by atoms with E-state index in [2.05, 4.69) is 5.32 Å². The number of carbonyl (C=O) groups excluding carboxylic acids is 2. The van der Waals surface area contributed by atoms with E-state index in [0.717, 1.165) is 12.1 Å². The van der Waals surface area contributed by atoms with E-state index in [4.69, 9.17) is 4.74 Å². The lowest BCUT2D eigenvalue weighted by Gasteiger charge is -2.08. The maximum absolute atomic E-state index is 12.9. The smallest absolute Gasteiger partial charge is 0.307 e. The lowest BCUT2D eigenvalue weighted by molar-refractivity contribution is -0.147. The van der Waals surface area contributed by atoms with Crippen LogP contribution in [0.25, 0.3) is 0 Å². The van der Waals surface area contributed by atoms with Gasteiger partial charge in [0.15, 0.2) is 11.6 Å². The number of amides is 1. The van der Waals surface area contributed by atoms with Gasteiger partial charge in [-0.3, -0.25) is 9.59 Å². The Morgan fingerprint density at radius 1 is 1.26 bits per heavy atom. The molecule has 0 aliphatic heterocycles. The van der Waals surface area contributed by atoms with Crippen molar-refractivity contribution in [1.82, 2.24) is 5.32 Å². The minimum Gasteiger partial charge on any atom is -0.463 e. The molecule has 0 saturated carbocycles. The van der Waals surface area contributed by atoms with Crippen LogP contribution in [-0.4, -0.2) is 24.5 Å². The van der Waals surface area contributed by atoms with E-state index in [1.54, 1.807) is 13.8 Å². The van der Waals surface area contributed by atoms with Crippen LogP contribution < -0.4 is 5.32 Å². The SMILES string of the molecule is CC(C)OC(=O)CCNC(=O)c1ccc(F)c(F)c1. The van der Waals surface area contributed by atoms with Crippen LogP contribution in [0.5, 0.6) is 0 Å². The summed E-state index contributed by atoms with van der Waals surface area (Å²) in [6, 6.07) is 2.84. The van der Waals surface area contributed by atoms with Gasteiger partial charge in [-0.05, 0) is 32.0 Å². The summed E-state index contributed by atoms with van der Waals surface area (Å²) in [6.07, 6.45) is -0.192. The molecule has 0 aromatic heterocycles. The molecule has 1 N–H and O–H groups in total. The van der Waals surface area contributed by atoms with Gasteiger partial charge in [-0.2, -0.15) is 0 Å². The first-order chi connectivity index (χ1) is 8.90. The molecule has 104 valence electrons. The quantitative estimate of drug-likeness (QED) is 0.834. The third-order valence-corrected chi connectivity index (χ3v) is 2.16. The molecule has 0 unspecified atom stereocenters. The predicted octanol–water partition coefficient (Wildman–Crippen LogP) is 2.04. The Morgan fingerprint density at radius 2 is 1.95 bits per heavy atom. The van der Waals surface area contributed by atoms with E-state index >= 15 is 0 Å². The van der Waals surface area contributed by atoms with Crippen LogP contribution in [0, 0.1) is 11.6 Å². The minimum absolute atomic E-state index is 0.00359. The first kappa shape index (κ1) is 15.1. The lowest BCUT2D eigenvalue weighted by Crippen LogP contribution is -2.27. The van der Waals surface area contributed by atoms with Gasteiger partial charge in [-0.15, -0.1) is 0 Å². The van der Waals surface area contributed by atoms with Crippen LogP contribution in [0.3, 0.4) is 0 Å². The van der Waals surface area contributed by atoms with Crippen LogP contribution in [0.2, 0.25) is 0 Å². The van der Waals surface area contributed by atoms with Crippen molar-refractivity contribution < 1.29 is 23.1 Å². The maximum atomic E-state index is 12.9. The second-order valence-corrected chi connectivity index (χ2v) is 4.17. The van der Waals surface area contributed by atoms with Crippen LogP contribution in [0.15, 0.2) is 18.2 Å². The van der Waals surface area contributed by atoms with Crippen LogP contribution in [0.1, 0.15) is 30.6 Å². The Morgan fingerprint density at radius 3 is 2.53 bits per heavy atom. The molecular formula is C13H15F2NO3. The summed E-state index contributed by atoms with van der Waals surface area (Å²) < 4.78 is 30.5. The molecule has 0 heterocycles. The lowest BCUT2D eigenvalue weighted by atomic mass is 10.2. The predicted molar refractivity (Wildman–Crippen MR) is 64.5 cm³/mol. The molecule has 0 saturated heterocycles. The van der Waals surface area contributed by atoms with E-state index < -0.39 is 23.5 Å². The average molecular weight is 271 g/mol. The summed E-state index contributed by atoms with van der Waals surface area (Å²) in [7, 11) is 0. The van der Waals surface area contributed by atoms with Crippen LogP contribution >= 0.6 is 0 Å². The molecule has 0 atom stereocenters. The Balaban J connectivity index is 2.43. The second-order valence-electron chi connectivity index (χ2n) is 4.17. The Bertz CT molecular complexity index is 475. The van der Waals surface area contributed by atoms with Crippen molar-refractivity contribution >= 4 is 11.9 Å². The highest BCUT2D eigenvalue weighted by molar-refractivity contribution is 5.94. The third kappa shape index (κ3) is 5.03. The maximum Gasteiger partial charge on any atom is 0.307 e. The number of nitrogens with one attached hydrogen (secondary N) is 1. The highest BCUT2D eigenvalue weighted by atomic mass is 19.2. The molecule has 0 aliphatic rings. The Labute approximate surface area is 109 Å². The van der Waals surface area contributed by atoms with Gasteiger partial charge in [0.2, 0.25) is 0 Å². The summed E-state index contributed by atoms with van der Waals surface area (Å²) in [4.78, 5) is 22.7. The molecule has 0 aliphatic carbocycles. The summed E-state index contributed by atoms with van der Waals surface area (Å²) in [5.41, 5.74) is -0.00359. The van der Waals surface area contributed by atoms with Crippen molar-refractivity contribution in [2.75, 3.05) is 6.54 Å². The van der Waals surface area contributed by atoms with Crippen molar-refractivity contribution in [2.24, 2.45) is 0 Å². The van der Waals surface area contributed by atoms with Gasteiger partial charge in [-0.25, -0.2) is 8.78 Å². The molecule has 0 radical (unpaired) electrons. The van der Waals surface area contributed by atoms with Crippen molar-refractivity contribution in [3.05, 3.63) is 35.4 Å². The fraction of sp³-hybridized carbons (Fsp3) is 0.385. The zero-order valence-electron chi connectivity index (χ0n) is 10.7. The summed E-state index contributed by atoms with van der Waals surface area (Å²) >= 11 is 0. The number of carbonyl (C=O) groups is 2. The topological polar surface area (TPSA) is 55.4 Å². The molecule has 0 bridgehead atoms. The largest absolute Gasteiger partial charge is 0.463 e. The highest BCUT2D eigenvalue weighted by Crippen LogP contribution is 2.08. The summed E-state index contributed by atoms with van der Waals surface area (Å²) in [5.74, 6) is -3.11. The minimum atomic E-state index is -1.09. The molecule has 1 aromatic carbocycles. The first-order valence-electron chi connectivity index (χ1n) is 5.83. The number of rotatable bonds is 5. The molecule has 0 fully saturated rings. The van der Waals surface area contributed by atoms with Crippen LogP contribution in [-0.2, 0) is 9.53 Å². The zero-order chi connectivity index (χ0) is 14.4. The van der Waals surface area contributed by atoms with Gasteiger partial charge >= 0.3 is 5.97 Å². The van der Waals surface area contributed by atoms with Crippen molar-refractivity contribution in [1.29, 1.82) is 0 Å². The van der Waals surface area contributed by atoms with E-state index in [9.17, 15) is 18.4 Å². The zero-order valence-corrected chi connectivity index (χ0v) is 10.7. The number of ether oxygens (including phenoxy) is 1. The second kappa shape index (κ2) is 6.82. The third-order valence-electron chi connectivity index (χ3n) is 2.16. The summed E-state index contributed by atoms with van der Waals surface area (Å²) in [6.45, 7) is 3.51. The van der Waals surface area contributed by atoms with E-state index in [1.165, 1.54) is 6.07 Å². The molecule has 6 heteroatoms. The normalized spacial score (nSPS) is 10.4. The molecule has 1 aromatic rings. The number of hydrogen-bond acceptors (Lipinski definition) is 3. The molecule has 4 nitrogen and oxygen atoms in total. The van der Waals surface area contributed by atoms with Gasteiger partial charge in [0.05, 0.1) is 12.5 Å². The first-order valence-corrected chi connectivity index (χ1v) is 5.83. The van der Waals surface area contributed by atoms with E-state index in [0.29, 0.717) is 0 Å². The standard InChI is InChI=1S/C13H15F2NO3/c1-8(2)19-12(17)5-6-16-13(18)9-3-4-10(14)11(15)7-9/h3-4,7-8H,5-6H2,1-2H3,(H,16,18). The molecule has 1 rings (SSSR count). The van der Waals surface area contributed by atoms with E-state index in [-0.39, 0.29) is 24.6 Å². The van der Waals surface area contributed by atoms with Gasteiger partial charge < -0.3 is 10.1 Å². The Kier molecular flexibility index (Phi) is 5.41. The number of esters is 1. The fourth-order valence-electron chi connectivity index (χ4n) is 1.34. The van der Waals surface area contributed by atoms with E-state index in [1.807, 2.05) is 0 Å². The van der Waals surface area contributed by atoms with Gasteiger partial charge in [0.25, 0.3) is 5.91 Å². The summed E-state index contributed by atoms with van der Waals surface area (Å²) in [5, 5.41) is 2.42. The van der Waals surface area contributed by atoms with Gasteiger partial charge in [0.1, 0.15) is 0 Å². The molecule has 19 heavy (non-hydrogen) atoms. The fourth-order valence-corrected chi connectivity index (χ4v) is 1.34. The highest BCUT2D eigenvalue weighted by Gasteiger charge is 2.10. The molecule has 0 spiro atoms. The van der Waals surface area contributed by atoms with Crippen molar-refractivity contribution in [2.45, 2.75) is 26.4 Å². The molecule has 1 amide bonds. The van der Waals surface area contributed by atoms with Gasteiger partial charge in [-0.1, -0.05) is 0 Å². The Hall–Kier alpha value is -1.98. The van der Waals surface area contributed by atoms with Gasteiger partial charge in [0, 0.05) is 12.1 Å². The molecular weight excluding hydrogens is 256 g/mol.